The first-order valence-corrected chi connectivity index (χ1v) is 6.39. The van der Waals surface area contributed by atoms with Gasteiger partial charge in [-0.1, -0.05) is 42.1 Å². The van der Waals surface area contributed by atoms with Crippen LogP contribution >= 0.6 is 11.8 Å². The fourth-order valence-corrected chi connectivity index (χ4v) is 2.11. The summed E-state index contributed by atoms with van der Waals surface area (Å²) in [6.07, 6.45) is 0. The Labute approximate surface area is 109 Å². The maximum atomic E-state index is 10.5. The van der Waals surface area contributed by atoms with Gasteiger partial charge in [0.05, 0.1) is 11.4 Å². The molecule has 1 aromatic carbocycles. The highest BCUT2D eigenvalue weighted by Crippen LogP contribution is 2.21. The van der Waals surface area contributed by atoms with Crippen molar-refractivity contribution in [1.29, 1.82) is 0 Å². The normalized spacial score (nSPS) is 10.3. The molecule has 0 fully saturated rings. The van der Waals surface area contributed by atoms with Crippen LogP contribution in [0.15, 0.2) is 41.6 Å². The zero-order valence-corrected chi connectivity index (χ0v) is 10.6. The second-order valence-corrected chi connectivity index (χ2v) is 4.67. The van der Waals surface area contributed by atoms with E-state index in [1.54, 1.807) is 0 Å². The zero-order chi connectivity index (χ0) is 13.0. The number of benzene rings is 1. The number of carboxylic acids is 1. The molecule has 2 rings (SSSR count). The van der Waals surface area contributed by atoms with Crippen LogP contribution in [0.1, 0.15) is 5.69 Å². The van der Waals surface area contributed by atoms with Gasteiger partial charge < -0.3 is 5.11 Å². The van der Waals surface area contributed by atoms with Crippen molar-refractivity contribution in [3.8, 4) is 11.3 Å². The van der Waals surface area contributed by atoms with Crippen LogP contribution in [0.25, 0.3) is 11.3 Å². The van der Waals surface area contributed by atoms with Gasteiger partial charge in [-0.3, -0.25) is 4.79 Å². The molecule has 4 nitrogen and oxygen atoms in total. The van der Waals surface area contributed by atoms with Crippen molar-refractivity contribution in [2.75, 3.05) is 5.75 Å². The minimum absolute atomic E-state index is 0.0301. The first kappa shape index (κ1) is 12.6. The Hall–Kier alpha value is -1.88. The molecule has 0 saturated heterocycles. The van der Waals surface area contributed by atoms with Gasteiger partial charge in [0.15, 0.2) is 5.16 Å². The molecule has 1 aromatic heterocycles. The zero-order valence-electron chi connectivity index (χ0n) is 9.83. The number of aliphatic carboxylic acids is 1. The monoisotopic (exact) mass is 260 g/mol. The van der Waals surface area contributed by atoms with Gasteiger partial charge in [0.2, 0.25) is 0 Å². The van der Waals surface area contributed by atoms with E-state index in [1.165, 1.54) is 0 Å². The van der Waals surface area contributed by atoms with Crippen LogP contribution in [-0.4, -0.2) is 26.8 Å². The Kier molecular flexibility index (Phi) is 3.94. The Balaban J connectivity index is 2.29. The van der Waals surface area contributed by atoms with Crippen LogP contribution in [0.3, 0.4) is 0 Å². The summed E-state index contributed by atoms with van der Waals surface area (Å²) in [5.41, 5.74) is 2.65. The molecule has 2 aromatic rings. The standard InChI is InChI=1S/C13H12N2O2S/c1-9-7-11(10-5-3-2-4-6-10)15-13(14-9)18-8-12(16)17/h2-7H,8H2,1H3,(H,16,17). The van der Waals surface area contributed by atoms with Crippen LogP contribution in [0.4, 0.5) is 0 Å². The second-order valence-electron chi connectivity index (χ2n) is 3.73. The molecule has 1 N–H and O–H groups in total. The van der Waals surface area contributed by atoms with Crippen LogP contribution < -0.4 is 0 Å². The molecule has 5 heteroatoms. The molecule has 0 unspecified atom stereocenters. The van der Waals surface area contributed by atoms with Gasteiger partial charge in [-0.25, -0.2) is 9.97 Å². The van der Waals surface area contributed by atoms with Gasteiger partial charge in [-0.2, -0.15) is 0 Å². The van der Waals surface area contributed by atoms with Gasteiger partial charge in [0.25, 0.3) is 0 Å². The number of thioether (sulfide) groups is 1. The number of hydrogen-bond acceptors (Lipinski definition) is 4. The molecule has 0 aliphatic heterocycles. The van der Waals surface area contributed by atoms with Crippen LogP contribution in [0.5, 0.6) is 0 Å². The van der Waals surface area contributed by atoms with E-state index >= 15 is 0 Å². The minimum Gasteiger partial charge on any atom is -0.481 e. The molecule has 18 heavy (non-hydrogen) atoms. The van der Waals surface area contributed by atoms with Gasteiger partial charge >= 0.3 is 5.97 Å². The summed E-state index contributed by atoms with van der Waals surface area (Å²) in [5.74, 6) is -0.899. The number of carboxylic acid groups (broad SMARTS) is 1. The Morgan fingerprint density at radius 3 is 2.67 bits per heavy atom. The SMILES string of the molecule is Cc1cc(-c2ccccc2)nc(SCC(=O)O)n1. The molecular formula is C13H12N2O2S. The molecular weight excluding hydrogens is 248 g/mol. The molecule has 0 atom stereocenters. The van der Waals surface area contributed by atoms with Crippen LogP contribution in [-0.2, 0) is 4.79 Å². The minimum atomic E-state index is -0.869. The average molecular weight is 260 g/mol. The lowest BCUT2D eigenvalue weighted by molar-refractivity contribution is -0.133. The molecule has 1 heterocycles. The van der Waals surface area contributed by atoms with Crippen LogP contribution in [0, 0.1) is 6.92 Å². The molecule has 0 bridgehead atoms. The summed E-state index contributed by atoms with van der Waals surface area (Å²) >= 11 is 1.13. The lowest BCUT2D eigenvalue weighted by atomic mass is 10.1. The Bertz CT molecular complexity index is 558. The molecule has 0 saturated carbocycles. The van der Waals surface area contributed by atoms with E-state index in [-0.39, 0.29) is 5.75 Å². The van der Waals surface area contributed by atoms with Gasteiger partial charge in [0, 0.05) is 11.3 Å². The van der Waals surface area contributed by atoms with E-state index in [9.17, 15) is 4.79 Å². The number of nitrogens with zero attached hydrogens (tertiary/aromatic N) is 2. The van der Waals surface area contributed by atoms with E-state index < -0.39 is 5.97 Å². The van der Waals surface area contributed by atoms with Gasteiger partial charge in [0.1, 0.15) is 0 Å². The summed E-state index contributed by atoms with van der Waals surface area (Å²) in [4.78, 5) is 19.1. The smallest absolute Gasteiger partial charge is 0.313 e. The highest BCUT2D eigenvalue weighted by atomic mass is 32.2. The summed E-state index contributed by atoms with van der Waals surface area (Å²) in [6.45, 7) is 1.87. The molecule has 0 amide bonds. The molecule has 0 spiro atoms. The largest absolute Gasteiger partial charge is 0.481 e. The topological polar surface area (TPSA) is 63.1 Å². The highest BCUT2D eigenvalue weighted by molar-refractivity contribution is 7.99. The third-order valence-corrected chi connectivity index (χ3v) is 3.06. The number of aromatic nitrogens is 2. The summed E-state index contributed by atoms with van der Waals surface area (Å²) in [7, 11) is 0. The van der Waals surface area contributed by atoms with Crippen LogP contribution in [0.2, 0.25) is 0 Å². The fourth-order valence-electron chi connectivity index (χ4n) is 1.49. The summed E-state index contributed by atoms with van der Waals surface area (Å²) in [5, 5.41) is 9.15. The Morgan fingerprint density at radius 2 is 2.00 bits per heavy atom. The van der Waals surface area contributed by atoms with Crippen molar-refractivity contribution >= 4 is 17.7 Å². The number of rotatable bonds is 4. The number of carbonyl (C=O) groups is 1. The predicted octanol–water partition coefficient (Wildman–Crippen LogP) is 2.63. The molecule has 92 valence electrons. The number of hydrogen-bond donors (Lipinski definition) is 1. The molecule has 0 aliphatic rings. The maximum absolute atomic E-state index is 10.5. The van der Waals surface area contributed by atoms with Gasteiger partial charge in [-0.05, 0) is 13.0 Å². The highest BCUT2D eigenvalue weighted by Gasteiger charge is 2.06. The summed E-state index contributed by atoms with van der Waals surface area (Å²) in [6, 6.07) is 11.6. The summed E-state index contributed by atoms with van der Waals surface area (Å²) < 4.78 is 0. The van der Waals surface area contributed by atoms with Gasteiger partial charge in [-0.15, -0.1) is 0 Å². The molecule has 0 radical (unpaired) electrons. The van der Waals surface area contributed by atoms with Crippen molar-refractivity contribution in [3.63, 3.8) is 0 Å². The predicted molar refractivity (Wildman–Crippen MR) is 70.6 cm³/mol. The maximum Gasteiger partial charge on any atom is 0.313 e. The third kappa shape index (κ3) is 3.30. The van der Waals surface area contributed by atoms with Crippen molar-refractivity contribution in [1.82, 2.24) is 9.97 Å². The second kappa shape index (κ2) is 5.64. The fraction of sp³-hybridized carbons (Fsp3) is 0.154. The van der Waals surface area contributed by atoms with E-state index in [2.05, 4.69) is 9.97 Å². The lowest BCUT2D eigenvalue weighted by Crippen LogP contribution is -2.00. The quantitative estimate of drug-likeness (QED) is 0.676. The average Bonchev–Trinajstić information content (AvgIpc) is 2.37. The van der Waals surface area contributed by atoms with Crippen molar-refractivity contribution in [3.05, 3.63) is 42.1 Å². The molecule has 0 aliphatic carbocycles. The lowest BCUT2D eigenvalue weighted by Gasteiger charge is -2.04. The first-order valence-electron chi connectivity index (χ1n) is 5.41. The van der Waals surface area contributed by atoms with Crippen molar-refractivity contribution in [2.45, 2.75) is 12.1 Å². The number of aryl methyl sites for hydroxylation is 1. The van der Waals surface area contributed by atoms with E-state index in [1.807, 2.05) is 43.3 Å². The Morgan fingerprint density at radius 1 is 1.28 bits per heavy atom. The van der Waals surface area contributed by atoms with E-state index in [4.69, 9.17) is 5.11 Å². The van der Waals surface area contributed by atoms with Crippen molar-refractivity contribution < 1.29 is 9.90 Å². The first-order chi connectivity index (χ1) is 8.65. The van der Waals surface area contributed by atoms with E-state index in [0.29, 0.717) is 5.16 Å². The third-order valence-electron chi connectivity index (χ3n) is 2.23. The van der Waals surface area contributed by atoms with E-state index in [0.717, 1.165) is 28.7 Å². The van der Waals surface area contributed by atoms with Crippen molar-refractivity contribution in [2.24, 2.45) is 0 Å².